The van der Waals surface area contributed by atoms with E-state index in [-0.39, 0.29) is 0 Å². The molecule has 1 aliphatic carbocycles. The summed E-state index contributed by atoms with van der Waals surface area (Å²) in [5.41, 5.74) is 14.8. The van der Waals surface area contributed by atoms with Gasteiger partial charge in [0.1, 0.15) is 11.2 Å². The summed E-state index contributed by atoms with van der Waals surface area (Å²) in [5, 5.41) is 4.60. The lowest BCUT2D eigenvalue weighted by Crippen LogP contribution is -2.28. The fourth-order valence-corrected chi connectivity index (χ4v) is 12.1. The molecule has 6 heteroatoms. The van der Waals surface area contributed by atoms with Gasteiger partial charge in [-0.2, -0.15) is 9.97 Å². The molecule has 10 aromatic carbocycles. The quantitative estimate of drug-likeness (QED) is 0.152. The van der Waals surface area contributed by atoms with E-state index in [2.05, 4.69) is 199 Å². The van der Waals surface area contributed by atoms with E-state index in [9.17, 15) is 0 Å². The Morgan fingerprint density at radius 2 is 0.929 bits per heavy atom. The molecule has 0 saturated carbocycles. The van der Waals surface area contributed by atoms with Gasteiger partial charge in [0.25, 0.3) is 0 Å². The normalized spacial score (nSPS) is 12.7. The van der Waals surface area contributed by atoms with Crippen LogP contribution in [0.3, 0.4) is 0 Å². The van der Waals surface area contributed by atoms with E-state index < -0.39 is 5.41 Å². The molecular weight excluding hydrogens is 873 g/mol. The monoisotopic (exact) mass is 912 g/mol. The Morgan fingerprint density at radius 3 is 1.63 bits per heavy atom. The maximum Gasteiger partial charge on any atom is 0.238 e. The number of nitrogens with zero attached hydrogens (tertiary/aromatic N) is 4. The first-order valence-electron chi connectivity index (χ1n) is 23.6. The summed E-state index contributed by atoms with van der Waals surface area (Å²) in [4.78, 5) is 17.9. The first-order chi connectivity index (χ1) is 34.7. The van der Waals surface area contributed by atoms with Crippen LogP contribution in [0, 0.1) is 0 Å². The van der Waals surface area contributed by atoms with Gasteiger partial charge in [-0.05, 0) is 93.0 Å². The molecule has 0 radical (unpaired) electrons. The highest BCUT2D eigenvalue weighted by Crippen LogP contribution is 2.56. The summed E-state index contributed by atoms with van der Waals surface area (Å²) in [5.74, 6) is 1.72. The van der Waals surface area contributed by atoms with Gasteiger partial charge in [-0.15, -0.1) is 11.3 Å². The third kappa shape index (κ3) is 6.27. The smallest absolute Gasteiger partial charge is 0.238 e. The molecule has 0 atom stereocenters. The van der Waals surface area contributed by atoms with Crippen LogP contribution in [0.1, 0.15) is 22.3 Å². The van der Waals surface area contributed by atoms with Gasteiger partial charge >= 0.3 is 0 Å². The Hall–Kier alpha value is -8.97. The van der Waals surface area contributed by atoms with Crippen molar-refractivity contribution >= 4 is 70.8 Å². The number of thiophene rings is 1. The lowest BCUT2D eigenvalue weighted by Gasteiger charge is -2.34. The van der Waals surface area contributed by atoms with Crippen molar-refractivity contribution in [3.63, 3.8) is 0 Å². The van der Waals surface area contributed by atoms with E-state index in [0.29, 0.717) is 17.6 Å². The van der Waals surface area contributed by atoms with E-state index >= 15 is 0 Å². The molecule has 1 aliphatic rings. The largest absolute Gasteiger partial charge is 0.456 e. The lowest BCUT2D eigenvalue weighted by atomic mass is 9.68. The van der Waals surface area contributed by atoms with Gasteiger partial charge in [0.15, 0.2) is 11.6 Å². The molecule has 3 aromatic heterocycles. The molecule has 70 heavy (non-hydrogen) atoms. The Balaban J connectivity index is 0.972. The fourth-order valence-electron chi connectivity index (χ4n) is 10.9. The Kier molecular flexibility index (Phi) is 9.22. The first kappa shape index (κ1) is 40.1. The van der Waals surface area contributed by atoms with Crippen LogP contribution in [0.25, 0.3) is 87.1 Å². The minimum absolute atomic E-state index is 0.523. The summed E-state index contributed by atoms with van der Waals surface area (Å²) in [7, 11) is 0. The average molecular weight is 913 g/mol. The van der Waals surface area contributed by atoms with Crippen molar-refractivity contribution in [2.75, 3.05) is 4.90 Å². The van der Waals surface area contributed by atoms with Gasteiger partial charge in [0.05, 0.1) is 5.41 Å². The highest BCUT2D eigenvalue weighted by atomic mass is 32.1. The van der Waals surface area contributed by atoms with E-state index in [1.165, 1.54) is 59.1 Å². The molecule has 3 heterocycles. The number of furan rings is 1. The van der Waals surface area contributed by atoms with Crippen molar-refractivity contribution in [1.82, 2.24) is 15.0 Å². The van der Waals surface area contributed by atoms with Crippen LogP contribution >= 0.6 is 11.3 Å². The Morgan fingerprint density at radius 1 is 0.371 bits per heavy atom. The molecule has 5 nitrogen and oxygen atoms in total. The summed E-state index contributed by atoms with van der Waals surface area (Å²) in [6.45, 7) is 0. The zero-order chi connectivity index (χ0) is 46.2. The van der Waals surface area contributed by atoms with Crippen molar-refractivity contribution in [3.05, 3.63) is 265 Å². The summed E-state index contributed by atoms with van der Waals surface area (Å²) < 4.78 is 8.66. The SMILES string of the molecule is c1ccc(-c2nc(-c3ccccc3)nc(N(c3ccc(C4(c5ccccc5)c5ccccc5-c5ccccc54)cc3)c3ccc4sc5c(-c6ccc7oc8ccccc8c7c6)cccc5c4c3)n2)cc1. The molecule has 0 aliphatic heterocycles. The number of aromatic nitrogens is 3. The predicted octanol–water partition coefficient (Wildman–Crippen LogP) is 17.0. The van der Waals surface area contributed by atoms with Crippen LogP contribution in [-0.2, 0) is 5.41 Å². The third-order valence-electron chi connectivity index (χ3n) is 14.0. The van der Waals surface area contributed by atoms with Crippen LogP contribution in [0.2, 0.25) is 0 Å². The van der Waals surface area contributed by atoms with E-state index in [1.807, 2.05) is 59.9 Å². The number of para-hydroxylation sites is 1. The highest BCUT2D eigenvalue weighted by molar-refractivity contribution is 7.26. The van der Waals surface area contributed by atoms with Crippen LogP contribution in [-0.4, -0.2) is 15.0 Å². The molecule has 0 saturated heterocycles. The number of hydrogen-bond donors (Lipinski definition) is 0. The van der Waals surface area contributed by atoms with Crippen LogP contribution in [0.4, 0.5) is 17.3 Å². The zero-order valence-corrected chi connectivity index (χ0v) is 38.5. The number of hydrogen-bond acceptors (Lipinski definition) is 6. The van der Waals surface area contributed by atoms with Crippen LogP contribution in [0.15, 0.2) is 247 Å². The molecule has 0 fully saturated rings. The number of rotatable bonds is 8. The van der Waals surface area contributed by atoms with Crippen LogP contribution in [0.5, 0.6) is 0 Å². The Bertz CT molecular complexity index is 4020. The molecule has 0 amide bonds. The molecule has 0 N–H and O–H groups in total. The number of anilines is 3. The standard InChI is InChI=1S/C64H40N4OS/c1-4-17-41(18-5-1)61-65-62(42-19-6-2-7-20-42)67-63(66-61)68(46-34-32-45(33-35-46)64(44-21-8-3-9-22-44)55-28-13-10-23-49(55)50-24-11-14-29-56(50)64)47-36-38-59-54(40-47)52-27-16-26-48(60(52)70-59)43-31-37-58-53(39-43)51-25-12-15-30-57(51)69-58/h1-40H. The van der Waals surface area contributed by atoms with Gasteiger partial charge < -0.3 is 4.42 Å². The van der Waals surface area contributed by atoms with E-state index in [0.717, 1.165) is 50.0 Å². The zero-order valence-electron chi connectivity index (χ0n) is 37.7. The molecule has 13 aromatic rings. The second kappa shape index (κ2) is 16.1. The van der Waals surface area contributed by atoms with Gasteiger partial charge in [-0.25, -0.2) is 4.98 Å². The van der Waals surface area contributed by atoms with Gasteiger partial charge in [-0.1, -0.05) is 194 Å². The maximum absolute atomic E-state index is 6.22. The molecule has 0 unspecified atom stereocenters. The summed E-state index contributed by atoms with van der Waals surface area (Å²) >= 11 is 1.82. The molecule has 14 rings (SSSR count). The minimum atomic E-state index is -0.534. The Labute approximate surface area is 408 Å². The number of benzene rings is 10. The third-order valence-corrected chi connectivity index (χ3v) is 15.3. The van der Waals surface area contributed by atoms with Crippen molar-refractivity contribution in [3.8, 4) is 45.0 Å². The van der Waals surface area contributed by atoms with Crippen molar-refractivity contribution in [2.24, 2.45) is 0 Å². The topological polar surface area (TPSA) is 55.1 Å². The second-order valence-corrected chi connectivity index (χ2v) is 18.9. The average Bonchev–Trinajstić information content (AvgIpc) is 4.10. The van der Waals surface area contributed by atoms with Crippen molar-refractivity contribution < 1.29 is 4.42 Å². The minimum Gasteiger partial charge on any atom is -0.456 e. The van der Waals surface area contributed by atoms with Gasteiger partial charge in [0.2, 0.25) is 5.95 Å². The van der Waals surface area contributed by atoms with Gasteiger partial charge in [-0.3, -0.25) is 4.90 Å². The van der Waals surface area contributed by atoms with Crippen molar-refractivity contribution in [2.45, 2.75) is 5.41 Å². The second-order valence-electron chi connectivity index (χ2n) is 17.9. The molecule has 0 bridgehead atoms. The lowest BCUT2D eigenvalue weighted by molar-refractivity contribution is 0.669. The first-order valence-corrected chi connectivity index (χ1v) is 24.4. The molecular formula is C64H40N4OS. The summed E-state index contributed by atoms with van der Waals surface area (Å²) in [6.07, 6.45) is 0. The van der Waals surface area contributed by atoms with Gasteiger partial charge in [0, 0.05) is 53.4 Å². The number of fused-ring (bicyclic) bond motifs is 9. The van der Waals surface area contributed by atoms with Crippen molar-refractivity contribution in [1.29, 1.82) is 0 Å². The van der Waals surface area contributed by atoms with Crippen LogP contribution < -0.4 is 4.90 Å². The predicted molar refractivity (Wildman–Crippen MR) is 288 cm³/mol. The van der Waals surface area contributed by atoms with E-state index in [1.54, 1.807) is 0 Å². The maximum atomic E-state index is 6.22. The summed E-state index contributed by atoms with van der Waals surface area (Å²) in [6, 6.07) is 86.4. The molecule has 0 spiro atoms. The van der Waals surface area contributed by atoms with E-state index in [4.69, 9.17) is 19.4 Å². The highest BCUT2D eigenvalue weighted by Gasteiger charge is 2.45. The molecule has 328 valence electrons. The fraction of sp³-hybridized carbons (Fsp3) is 0.0156.